The standard InChI is InChI=1S/C7H12O3/c1-8-5-7-6(9-2)3-4-10-7/h3-4,6-7H,5H2,1-2H3/t6?,7-/m1/s1. The van der Waals surface area contributed by atoms with Gasteiger partial charge in [-0.1, -0.05) is 0 Å². The molecule has 0 fully saturated rings. The minimum atomic E-state index is 0.0370. The summed E-state index contributed by atoms with van der Waals surface area (Å²) < 4.78 is 15.2. The maximum Gasteiger partial charge on any atom is 0.151 e. The molecule has 1 heterocycles. The smallest absolute Gasteiger partial charge is 0.151 e. The van der Waals surface area contributed by atoms with Gasteiger partial charge in [-0.15, -0.1) is 0 Å². The third-order valence-electron chi connectivity index (χ3n) is 1.49. The van der Waals surface area contributed by atoms with Crippen LogP contribution in [0.25, 0.3) is 0 Å². The fraction of sp³-hybridized carbons (Fsp3) is 0.714. The fourth-order valence-corrected chi connectivity index (χ4v) is 0.954. The highest BCUT2D eigenvalue weighted by atomic mass is 16.6. The summed E-state index contributed by atoms with van der Waals surface area (Å²) in [5.41, 5.74) is 0. The topological polar surface area (TPSA) is 27.7 Å². The molecular formula is C7H12O3. The molecule has 3 nitrogen and oxygen atoms in total. The van der Waals surface area contributed by atoms with E-state index < -0.39 is 0 Å². The third-order valence-corrected chi connectivity index (χ3v) is 1.49. The summed E-state index contributed by atoms with van der Waals surface area (Å²) in [4.78, 5) is 0. The fourth-order valence-electron chi connectivity index (χ4n) is 0.954. The minimum absolute atomic E-state index is 0.0370. The van der Waals surface area contributed by atoms with Crippen molar-refractivity contribution in [2.45, 2.75) is 12.2 Å². The molecule has 10 heavy (non-hydrogen) atoms. The van der Waals surface area contributed by atoms with Gasteiger partial charge in [0.1, 0.15) is 6.10 Å². The Morgan fingerprint density at radius 1 is 1.50 bits per heavy atom. The van der Waals surface area contributed by atoms with Crippen molar-refractivity contribution >= 4 is 0 Å². The lowest BCUT2D eigenvalue weighted by Gasteiger charge is -2.15. The lowest BCUT2D eigenvalue weighted by Crippen LogP contribution is -2.27. The molecule has 0 saturated heterocycles. The summed E-state index contributed by atoms with van der Waals surface area (Å²) in [6.07, 6.45) is 3.62. The second-order valence-corrected chi connectivity index (χ2v) is 2.16. The Bertz CT molecular complexity index is 122. The van der Waals surface area contributed by atoms with Crippen molar-refractivity contribution in [3.63, 3.8) is 0 Å². The van der Waals surface area contributed by atoms with E-state index in [4.69, 9.17) is 14.2 Å². The van der Waals surface area contributed by atoms with E-state index in [0.717, 1.165) is 0 Å². The molecule has 1 rings (SSSR count). The molecule has 3 heteroatoms. The van der Waals surface area contributed by atoms with Crippen molar-refractivity contribution in [1.29, 1.82) is 0 Å². The van der Waals surface area contributed by atoms with Gasteiger partial charge in [0.25, 0.3) is 0 Å². The van der Waals surface area contributed by atoms with Crippen LogP contribution in [0.3, 0.4) is 0 Å². The summed E-state index contributed by atoms with van der Waals surface area (Å²) in [5.74, 6) is 0. The molecule has 0 bridgehead atoms. The lowest BCUT2D eigenvalue weighted by atomic mass is 10.2. The van der Waals surface area contributed by atoms with Crippen LogP contribution in [0.4, 0.5) is 0 Å². The number of hydrogen-bond acceptors (Lipinski definition) is 3. The third kappa shape index (κ3) is 1.49. The maximum atomic E-state index is 5.17. The molecule has 0 aliphatic carbocycles. The summed E-state index contributed by atoms with van der Waals surface area (Å²) >= 11 is 0. The van der Waals surface area contributed by atoms with Crippen molar-refractivity contribution in [2.75, 3.05) is 20.8 Å². The average molecular weight is 144 g/mol. The van der Waals surface area contributed by atoms with Gasteiger partial charge in [-0.05, 0) is 6.08 Å². The Morgan fingerprint density at radius 2 is 2.30 bits per heavy atom. The minimum Gasteiger partial charge on any atom is -0.493 e. The summed E-state index contributed by atoms with van der Waals surface area (Å²) in [7, 11) is 3.31. The first-order valence-corrected chi connectivity index (χ1v) is 3.22. The van der Waals surface area contributed by atoms with Crippen LogP contribution < -0.4 is 0 Å². The predicted molar refractivity (Wildman–Crippen MR) is 36.7 cm³/mol. The molecule has 0 aromatic heterocycles. The zero-order chi connectivity index (χ0) is 7.40. The molecule has 0 spiro atoms. The monoisotopic (exact) mass is 144 g/mol. The molecule has 58 valence electrons. The van der Waals surface area contributed by atoms with E-state index in [-0.39, 0.29) is 12.2 Å². The van der Waals surface area contributed by atoms with E-state index in [0.29, 0.717) is 6.61 Å². The van der Waals surface area contributed by atoms with E-state index in [9.17, 15) is 0 Å². The van der Waals surface area contributed by atoms with Gasteiger partial charge in [-0.2, -0.15) is 0 Å². The molecule has 0 N–H and O–H groups in total. The van der Waals surface area contributed by atoms with Gasteiger partial charge >= 0.3 is 0 Å². The molecule has 0 saturated carbocycles. The van der Waals surface area contributed by atoms with Crippen LogP contribution in [0.5, 0.6) is 0 Å². The van der Waals surface area contributed by atoms with Gasteiger partial charge in [-0.3, -0.25) is 0 Å². The lowest BCUT2D eigenvalue weighted by molar-refractivity contribution is -0.0125. The number of methoxy groups -OCH3 is 2. The number of rotatable bonds is 3. The van der Waals surface area contributed by atoms with E-state index in [2.05, 4.69) is 0 Å². The predicted octanol–water partition coefficient (Wildman–Crippen LogP) is 0.560. The van der Waals surface area contributed by atoms with Crippen LogP contribution in [0.1, 0.15) is 0 Å². The van der Waals surface area contributed by atoms with Crippen LogP contribution in [0.15, 0.2) is 12.3 Å². The average Bonchev–Trinajstić information content (AvgIpc) is 2.36. The molecule has 2 atom stereocenters. The Hall–Kier alpha value is -0.540. The van der Waals surface area contributed by atoms with Gasteiger partial charge in [-0.25, -0.2) is 0 Å². The zero-order valence-electron chi connectivity index (χ0n) is 6.24. The summed E-state index contributed by atoms with van der Waals surface area (Å²) in [6, 6.07) is 0. The van der Waals surface area contributed by atoms with Crippen LogP contribution >= 0.6 is 0 Å². The molecule has 0 radical (unpaired) electrons. The molecule has 0 aromatic rings. The number of ether oxygens (including phenoxy) is 3. The van der Waals surface area contributed by atoms with E-state index >= 15 is 0 Å². The SMILES string of the molecule is COC[C@H]1OC=CC1OC. The van der Waals surface area contributed by atoms with Gasteiger partial charge in [0, 0.05) is 14.2 Å². The van der Waals surface area contributed by atoms with Crippen LogP contribution in [-0.2, 0) is 14.2 Å². The Labute approximate surface area is 60.6 Å². The molecule has 1 aliphatic heterocycles. The van der Waals surface area contributed by atoms with Crippen LogP contribution in [0.2, 0.25) is 0 Å². The molecule has 0 aromatic carbocycles. The summed E-state index contributed by atoms with van der Waals surface area (Å²) in [6.45, 7) is 0.575. The second-order valence-electron chi connectivity index (χ2n) is 2.16. The first-order valence-electron chi connectivity index (χ1n) is 3.22. The summed E-state index contributed by atoms with van der Waals surface area (Å²) in [5, 5.41) is 0. The molecule has 1 unspecified atom stereocenters. The second kappa shape index (κ2) is 3.58. The van der Waals surface area contributed by atoms with Gasteiger partial charge in [0.2, 0.25) is 0 Å². The highest BCUT2D eigenvalue weighted by Gasteiger charge is 2.23. The molecular weight excluding hydrogens is 132 g/mol. The molecule has 0 amide bonds. The van der Waals surface area contributed by atoms with Crippen molar-refractivity contribution in [1.82, 2.24) is 0 Å². The van der Waals surface area contributed by atoms with Gasteiger partial charge in [0.15, 0.2) is 6.10 Å². The van der Waals surface area contributed by atoms with E-state index in [1.807, 2.05) is 6.08 Å². The Kier molecular flexibility index (Phi) is 2.71. The first-order chi connectivity index (χ1) is 4.88. The van der Waals surface area contributed by atoms with Crippen molar-refractivity contribution < 1.29 is 14.2 Å². The van der Waals surface area contributed by atoms with Crippen molar-refractivity contribution in [2.24, 2.45) is 0 Å². The Morgan fingerprint density at radius 3 is 2.90 bits per heavy atom. The van der Waals surface area contributed by atoms with Crippen LogP contribution in [-0.4, -0.2) is 33.0 Å². The zero-order valence-corrected chi connectivity index (χ0v) is 6.24. The van der Waals surface area contributed by atoms with Crippen LogP contribution in [0, 0.1) is 0 Å². The quantitative estimate of drug-likeness (QED) is 0.579. The Balaban J connectivity index is 2.32. The van der Waals surface area contributed by atoms with Crippen molar-refractivity contribution in [3.8, 4) is 0 Å². The highest BCUT2D eigenvalue weighted by Crippen LogP contribution is 2.12. The maximum absolute atomic E-state index is 5.17. The van der Waals surface area contributed by atoms with Crippen molar-refractivity contribution in [3.05, 3.63) is 12.3 Å². The van der Waals surface area contributed by atoms with E-state index in [1.165, 1.54) is 0 Å². The highest BCUT2D eigenvalue weighted by molar-refractivity contribution is 4.96. The van der Waals surface area contributed by atoms with Gasteiger partial charge < -0.3 is 14.2 Å². The first kappa shape index (κ1) is 7.57. The van der Waals surface area contributed by atoms with Gasteiger partial charge in [0.05, 0.1) is 12.9 Å². The van der Waals surface area contributed by atoms with E-state index in [1.54, 1.807) is 20.5 Å². The molecule has 1 aliphatic rings. The largest absolute Gasteiger partial charge is 0.493 e. The number of hydrogen-bond donors (Lipinski definition) is 0. The normalized spacial score (nSPS) is 30.6.